The minimum atomic E-state index is -1.38. The molecule has 1 aliphatic heterocycles. The second kappa shape index (κ2) is 6.89. The molecule has 3 aliphatic carbocycles. The van der Waals surface area contributed by atoms with Gasteiger partial charge in [-0.1, -0.05) is 13.0 Å². The summed E-state index contributed by atoms with van der Waals surface area (Å²) >= 11 is 0. The Bertz CT molecular complexity index is 1520. The third-order valence-electron chi connectivity index (χ3n) is 9.50. The van der Waals surface area contributed by atoms with E-state index in [4.69, 9.17) is 0 Å². The molecule has 1 saturated heterocycles. The molecule has 0 radical (unpaired) electrons. The molecule has 2 aromatic heterocycles. The number of aliphatic hydroxyl groups is 1. The van der Waals surface area contributed by atoms with Crippen LogP contribution in [0.15, 0.2) is 23.1 Å². The summed E-state index contributed by atoms with van der Waals surface area (Å²) in [5, 5.41) is 48.0. The summed E-state index contributed by atoms with van der Waals surface area (Å²) in [6.45, 7) is 3.52. The third-order valence-corrected chi connectivity index (χ3v) is 9.50. The van der Waals surface area contributed by atoms with E-state index >= 15 is 0 Å². The van der Waals surface area contributed by atoms with Gasteiger partial charge in [-0.3, -0.25) is 9.69 Å². The largest absolute Gasteiger partial charge is 0.504 e. The van der Waals surface area contributed by atoms with Gasteiger partial charge in [0.05, 0.1) is 11.8 Å². The van der Waals surface area contributed by atoms with Crippen LogP contribution >= 0.6 is 0 Å². The number of carbonyl (C=O) groups is 1. The van der Waals surface area contributed by atoms with Crippen molar-refractivity contribution in [3.63, 3.8) is 0 Å². The van der Waals surface area contributed by atoms with Crippen molar-refractivity contribution in [1.29, 1.82) is 0 Å². The van der Waals surface area contributed by atoms with E-state index < -0.39 is 28.5 Å². The Morgan fingerprint density at radius 2 is 2.06 bits per heavy atom. The van der Waals surface area contributed by atoms with E-state index in [1.165, 1.54) is 18.9 Å². The topological polar surface area (TPSA) is 151 Å². The molecule has 0 unspecified atom stereocenters. The molecule has 7 rings (SSSR count). The first-order chi connectivity index (χ1) is 17.2. The van der Waals surface area contributed by atoms with Crippen molar-refractivity contribution < 1.29 is 25.2 Å². The third kappa shape index (κ3) is 2.50. The van der Waals surface area contributed by atoms with Crippen molar-refractivity contribution in [1.82, 2.24) is 19.5 Å². The molecule has 0 amide bonds. The van der Waals surface area contributed by atoms with Crippen LogP contribution in [0.25, 0.3) is 5.65 Å². The Balaban J connectivity index is 1.52. The summed E-state index contributed by atoms with van der Waals surface area (Å²) in [6, 6.07) is 3.06. The maximum Gasteiger partial charge on any atom is 0.341 e. The predicted molar refractivity (Wildman–Crippen MR) is 128 cm³/mol. The molecule has 3 aromatic rings. The highest BCUT2D eigenvalue weighted by Gasteiger charge is 2.68. The number of rotatable bonds is 3. The number of carboxylic acid groups (broad SMARTS) is 1. The first-order valence-electron chi connectivity index (χ1n) is 12.5. The number of phenols is 2. The van der Waals surface area contributed by atoms with Gasteiger partial charge >= 0.3 is 5.97 Å². The zero-order chi connectivity index (χ0) is 25.1. The van der Waals surface area contributed by atoms with Crippen molar-refractivity contribution >= 4 is 11.6 Å². The van der Waals surface area contributed by atoms with Gasteiger partial charge in [0.2, 0.25) is 0 Å². The lowest BCUT2D eigenvalue weighted by molar-refractivity contribution is -0.160. The van der Waals surface area contributed by atoms with Gasteiger partial charge < -0.3 is 25.4 Å². The Kier molecular flexibility index (Phi) is 4.19. The number of aromatic nitrogens is 3. The lowest BCUT2D eigenvalue weighted by atomic mass is 9.46. The van der Waals surface area contributed by atoms with Crippen LogP contribution < -0.4 is 5.56 Å². The van der Waals surface area contributed by atoms with Crippen LogP contribution in [0.2, 0.25) is 0 Å². The molecule has 36 heavy (non-hydrogen) atoms. The number of carboxylic acids is 1. The van der Waals surface area contributed by atoms with Crippen molar-refractivity contribution in [2.75, 3.05) is 13.1 Å². The second-order valence-corrected chi connectivity index (χ2v) is 11.1. The summed E-state index contributed by atoms with van der Waals surface area (Å²) in [7, 11) is 0. The number of hydrogen-bond acceptors (Lipinski definition) is 7. The van der Waals surface area contributed by atoms with Crippen molar-refractivity contribution in [2.45, 2.75) is 62.0 Å². The Labute approximate surface area is 205 Å². The molecule has 1 saturated carbocycles. The van der Waals surface area contributed by atoms with Gasteiger partial charge in [-0.2, -0.15) is 9.61 Å². The SMILES string of the molecule is C[C@H]1c2[nH]c3c(C(=O)O)cnn3c(=O)c2C[C@@]2(O)[C@H]3Cc4ccc(O)c(O)c4[C@@]12CCN3CC1CC1. The van der Waals surface area contributed by atoms with Gasteiger partial charge in [-0.05, 0) is 49.8 Å². The number of nitrogens with one attached hydrogen (secondary N) is 1. The zero-order valence-electron chi connectivity index (χ0n) is 19.9. The second-order valence-electron chi connectivity index (χ2n) is 11.1. The van der Waals surface area contributed by atoms with Gasteiger partial charge in [0.15, 0.2) is 17.1 Å². The first kappa shape index (κ1) is 21.9. The average molecular weight is 493 g/mol. The minimum Gasteiger partial charge on any atom is -0.504 e. The molecule has 0 spiro atoms. The van der Waals surface area contributed by atoms with Gasteiger partial charge in [-0.25, -0.2) is 4.79 Å². The van der Waals surface area contributed by atoms with E-state index in [0.29, 0.717) is 35.6 Å². The number of phenolic OH excluding ortho intramolecular Hbond substituents is 2. The van der Waals surface area contributed by atoms with Crippen LogP contribution in [0, 0.1) is 5.92 Å². The fourth-order valence-corrected chi connectivity index (χ4v) is 7.64. The Hall–Kier alpha value is -3.37. The lowest BCUT2D eigenvalue weighted by Crippen LogP contribution is -2.75. The highest BCUT2D eigenvalue weighted by atomic mass is 16.4. The number of nitrogens with zero attached hydrogens (tertiary/aromatic N) is 3. The highest BCUT2D eigenvalue weighted by Crippen LogP contribution is 2.64. The minimum absolute atomic E-state index is 0.0422. The number of aromatic carboxylic acids is 1. The number of benzene rings is 1. The molecular formula is C26H28N4O6. The van der Waals surface area contributed by atoms with Crippen molar-refractivity contribution in [3.8, 4) is 11.5 Å². The van der Waals surface area contributed by atoms with Gasteiger partial charge in [-0.15, -0.1) is 0 Å². The van der Waals surface area contributed by atoms with Crippen LogP contribution in [-0.2, 0) is 18.3 Å². The number of hydrogen-bond donors (Lipinski definition) is 5. The normalized spacial score (nSPS) is 31.1. The molecule has 10 heteroatoms. The van der Waals surface area contributed by atoms with Crippen molar-refractivity contribution in [3.05, 3.63) is 56.6 Å². The first-order valence-corrected chi connectivity index (χ1v) is 12.5. The van der Waals surface area contributed by atoms with E-state index in [2.05, 4.69) is 15.0 Å². The Morgan fingerprint density at radius 3 is 2.78 bits per heavy atom. The smallest absolute Gasteiger partial charge is 0.341 e. The molecule has 10 nitrogen and oxygen atoms in total. The predicted octanol–water partition coefficient (Wildman–Crippen LogP) is 1.50. The van der Waals surface area contributed by atoms with Gasteiger partial charge in [0.1, 0.15) is 5.56 Å². The quantitative estimate of drug-likeness (QED) is 0.345. The molecular weight excluding hydrogens is 464 g/mol. The fourth-order valence-electron chi connectivity index (χ4n) is 7.64. The van der Waals surface area contributed by atoms with E-state index in [-0.39, 0.29) is 35.2 Å². The maximum atomic E-state index is 13.6. The number of H-pyrrole nitrogens is 1. The summed E-state index contributed by atoms with van der Waals surface area (Å²) in [5.74, 6) is -1.52. The maximum absolute atomic E-state index is 13.6. The number of fused-ring (bicyclic) bond motifs is 3. The van der Waals surface area contributed by atoms with E-state index in [9.17, 15) is 30.0 Å². The average Bonchev–Trinajstić information content (AvgIpc) is 3.54. The van der Waals surface area contributed by atoms with Crippen LogP contribution in [0.5, 0.6) is 11.5 Å². The van der Waals surface area contributed by atoms with Gasteiger partial charge in [0, 0.05) is 47.2 Å². The number of piperidine rings is 1. The number of aromatic amines is 1. The summed E-state index contributed by atoms with van der Waals surface area (Å²) < 4.78 is 1.06. The fraction of sp³-hybridized carbons (Fsp3) is 0.500. The standard InChI is InChI=1S/C26H28N4O6/c1-12-20-15(23(33)30-22(28-20)16(10-27-30)24(34)35)9-26(36)18-8-14-4-5-17(31)21(32)19(14)25(12,26)6-7-29(18)11-13-2-3-13/h4-5,10,12-13,18,28,31-32,36H,2-3,6-9,11H2,1H3,(H,34,35)/t12-,18+,25+,26+/m0/s1. The summed E-state index contributed by atoms with van der Waals surface area (Å²) in [5.41, 5.74) is -0.465. The molecule has 2 bridgehead atoms. The van der Waals surface area contributed by atoms with E-state index in [1.54, 1.807) is 0 Å². The van der Waals surface area contributed by atoms with Crippen LogP contribution in [0.1, 0.15) is 64.8 Å². The molecule has 5 N–H and O–H groups in total. The molecule has 1 aromatic carbocycles. The monoisotopic (exact) mass is 492 g/mol. The summed E-state index contributed by atoms with van der Waals surface area (Å²) in [4.78, 5) is 30.9. The number of likely N-dealkylation sites (tertiary alicyclic amines) is 1. The molecule has 188 valence electrons. The summed E-state index contributed by atoms with van der Waals surface area (Å²) in [6.07, 6.45) is 4.58. The van der Waals surface area contributed by atoms with Crippen LogP contribution in [-0.4, -0.2) is 70.6 Å². The van der Waals surface area contributed by atoms with Crippen LogP contribution in [0.4, 0.5) is 0 Å². The lowest BCUT2D eigenvalue weighted by Gasteiger charge is -2.65. The van der Waals surface area contributed by atoms with E-state index in [0.717, 1.165) is 29.4 Å². The molecule has 4 aliphatic rings. The molecule has 4 atom stereocenters. The van der Waals surface area contributed by atoms with E-state index in [1.807, 2.05) is 13.0 Å². The molecule has 3 heterocycles. The van der Waals surface area contributed by atoms with Crippen molar-refractivity contribution in [2.24, 2.45) is 5.92 Å². The molecule has 2 fully saturated rings. The van der Waals surface area contributed by atoms with Crippen LogP contribution in [0.3, 0.4) is 0 Å². The highest BCUT2D eigenvalue weighted by molar-refractivity contribution is 5.94. The Morgan fingerprint density at radius 1 is 1.28 bits per heavy atom. The zero-order valence-corrected chi connectivity index (χ0v) is 19.9. The number of aromatic hydroxyl groups is 2. The van der Waals surface area contributed by atoms with Gasteiger partial charge in [0.25, 0.3) is 5.56 Å².